The molecule has 0 radical (unpaired) electrons. The van der Waals surface area contributed by atoms with Crippen molar-refractivity contribution >= 4 is 10.0 Å². The maximum Gasteiger partial charge on any atom is 0.244 e. The SMILES string of the molecule is Cc1nn(CCN)c(C)c1S(=O)(=O)NCC1(C)CCCC1. The Labute approximate surface area is 127 Å². The lowest BCUT2D eigenvalue weighted by atomic mass is 9.89. The lowest BCUT2D eigenvalue weighted by Crippen LogP contribution is -2.34. The fourth-order valence-corrected chi connectivity index (χ4v) is 4.76. The number of nitrogens with two attached hydrogens (primary N) is 1. The van der Waals surface area contributed by atoms with Crippen molar-refractivity contribution in [1.82, 2.24) is 14.5 Å². The zero-order chi connectivity index (χ0) is 15.7. The highest BCUT2D eigenvalue weighted by atomic mass is 32.2. The molecule has 0 aromatic carbocycles. The summed E-state index contributed by atoms with van der Waals surface area (Å²) in [5, 5.41) is 4.28. The highest BCUT2D eigenvalue weighted by molar-refractivity contribution is 7.89. The molecule has 120 valence electrons. The highest BCUT2D eigenvalue weighted by Crippen LogP contribution is 2.37. The molecule has 1 fully saturated rings. The van der Waals surface area contributed by atoms with Gasteiger partial charge in [-0.2, -0.15) is 5.10 Å². The second-order valence-electron chi connectivity index (χ2n) is 6.35. The molecule has 0 bridgehead atoms. The topological polar surface area (TPSA) is 90.0 Å². The number of aromatic nitrogens is 2. The molecule has 1 aliphatic carbocycles. The largest absolute Gasteiger partial charge is 0.329 e. The van der Waals surface area contributed by atoms with Gasteiger partial charge in [0.05, 0.1) is 17.9 Å². The van der Waals surface area contributed by atoms with Crippen LogP contribution in [0.4, 0.5) is 0 Å². The molecular formula is C14H26N4O2S. The fourth-order valence-electron chi connectivity index (χ4n) is 3.16. The van der Waals surface area contributed by atoms with E-state index < -0.39 is 10.0 Å². The van der Waals surface area contributed by atoms with Crippen molar-refractivity contribution in [2.75, 3.05) is 13.1 Å². The summed E-state index contributed by atoms with van der Waals surface area (Å²) in [6.07, 6.45) is 4.54. The number of sulfonamides is 1. The summed E-state index contributed by atoms with van der Waals surface area (Å²) in [4.78, 5) is 0.303. The molecule has 0 amide bonds. The third kappa shape index (κ3) is 3.46. The molecule has 2 rings (SSSR count). The van der Waals surface area contributed by atoms with Gasteiger partial charge in [-0.25, -0.2) is 13.1 Å². The van der Waals surface area contributed by atoms with Gasteiger partial charge in [0.25, 0.3) is 0 Å². The van der Waals surface area contributed by atoms with Gasteiger partial charge in [0.15, 0.2) is 0 Å². The highest BCUT2D eigenvalue weighted by Gasteiger charge is 2.32. The van der Waals surface area contributed by atoms with Crippen molar-refractivity contribution in [2.24, 2.45) is 11.1 Å². The quantitative estimate of drug-likeness (QED) is 0.828. The van der Waals surface area contributed by atoms with E-state index in [1.165, 1.54) is 12.8 Å². The van der Waals surface area contributed by atoms with Crippen LogP contribution in [0, 0.1) is 19.3 Å². The molecule has 21 heavy (non-hydrogen) atoms. The maximum absolute atomic E-state index is 12.6. The fraction of sp³-hybridized carbons (Fsp3) is 0.786. The third-order valence-electron chi connectivity index (χ3n) is 4.42. The van der Waals surface area contributed by atoms with Crippen LogP contribution in [-0.4, -0.2) is 31.3 Å². The van der Waals surface area contributed by atoms with Crippen molar-refractivity contribution in [2.45, 2.75) is 57.9 Å². The molecule has 0 unspecified atom stereocenters. The van der Waals surface area contributed by atoms with Crippen LogP contribution in [-0.2, 0) is 16.6 Å². The van der Waals surface area contributed by atoms with E-state index in [1.807, 2.05) is 0 Å². The molecule has 0 atom stereocenters. The molecule has 0 saturated heterocycles. The Balaban J connectivity index is 2.19. The maximum atomic E-state index is 12.6. The average molecular weight is 314 g/mol. The van der Waals surface area contributed by atoms with Crippen molar-refractivity contribution < 1.29 is 8.42 Å². The lowest BCUT2D eigenvalue weighted by Gasteiger charge is -2.23. The van der Waals surface area contributed by atoms with Gasteiger partial charge in [0, 0.05) is 13.1 Å². The molecular weight excluding hydrogens is 288 g/mol. The second-order valence-corrected chi connectivity index (χ2v) is 8.06. The van der Waals surface area contributed by atoms with Crippen LogP contribution in [0.15, 0.2) is 4.90 Å². The Morgan fingerprint density at radius 2 is 1.95 bits per heavy atom. The third-order valence-corrected chi connectivity index (χ3v) is 6.08. The number of rotatable bonds is 6. The first-order valence-electron chi connectivity index (χ1n) is 7.53. The Kier molecular flexibility index (Phi) is 4.75. The van der Waals surface area contributed by atoms with Gasteiger partial charge < -0.3 is 5.73 Å². The second kappa shape index (κ2) is 6.06. The molecule has 1 aliphatic rings. The zero-order valence-corrected chi connectivity index (χ0v) is 14.0. The van der Waals surface area contributed by atoms with Gasteiger partial charge >= 0.3 is 0 Å². The molecule has 1 saturated carbocycles. The van der Waals surface area contributed by atoms with Crippen LogP contribution in [0.2, 0.25) is 0 Å². The van der Waals surface area contributed by atoms with Crippen LogP contribution in [0.5, 0.6) is 0 Å². The first-order chi connectivity index (χ1) is 9.79. The number of hydrogen-bond acceptors (Lipinski definition) is 4. The van der Waals surface area contributed by atoms with Gasteiger partial charge in [-0.15, -0.1) is 0 Å². The molecule has 3 N–H and O–H groups in total. The monoisotopic (exact) mass is 314 g/mol. The molecule has 7 heteroatoms. The predicted molar refractivity (Wildman–Crippen MR) is 82.5 cm³/mol. The van der Waals surface area contributed by atoms with Crippen LogP contribution >= 0.6 is 0 Å². The number of nitrogens with zero attached hydrogens (tertiary/aromatic N) is 2. The van der Waals surface area contributed by atoms with E-state index in [-0.39, 0.29) is 5.41 Å². The summed E-state index contributed by atoms with van der Waals surface area (Å²) in [7, 11) is -3.52. The summed E-state index contributed by atoms with van der Waals surface area (Å²) in [6, 6.07) is 0. The minimum Gasteiger partial charge on any atom is -0.329 e. The van der Waals surface area contributed by atoms with E-state index in [0.717, 1.165) is 12.8 Å². The van der Waals surface area contributed by atoms with E-state index in [9.17, 15) is 8.42 Å². The molecule has 1 heterocycles. The number of aryl methyl sites for hydroxylation is 1. The van der Waals surface area contributed by atoms with Gasteiger partial charge in [-0.1, -0.05) is 19.8 Å². The molecule has 0 spiro atoms. The van der Waals surface area contributed by atoms with Crippen LogP contribution in [0.25, 0.3) is 0 Å². The molecule has 1 aromatic rings. The van der Waals surface area contributed by atoms with E-state index in [0.29, 0.717) is 35.9 Å². The summed E-state index contributed by atoms with van der Waals surface area (Å²) in [6.45, 7) is 7.12. The summed E-state index contributed by atoms with van der Waals surface area (Å²) in [5.74, 6) is 0. The van der Waals surface area contributed by atoms with Crippen molar-refractivity contribution in [3.05, 3.63) is 11.4 Å². The summed E-state index contributed by atoms with van der Waals surface area (Å²) >= 11 is 0. The zero-order valence-electron chi connectivity index (χ0n) is 13.1. The van der Waals surface area contributed by atoms with Gasteiger partial charge in [0.2, 0.25) is 10.0 Å². The van der Waals surface area contributed by atoms with E-state index >= 15 is 0 Å². The summed E-state index contributed by atoms with van der Waals surface area (Å²) < 4.78 is 29.6. The normalized spacial score (nSPS) is 18.3. The van der Waals surface area contributed by atoms with Gasteiger partial charge in [-0.05, 0) is 32.1 Å². The Morgan fingerprint density at radius 3 is 2.52 bits per heavy atom. The van der Waals surface area contributed by atoms with Crippen LogP contribution in [0.3, 0.4) is 0 Å². The molecule has 0 aliphatic heterocycles. The van der Waals surface area contributed by atoms with Crippen molar-refractivity contribution in [3.8, 4) is 0 Å². The minimum absolute atomic E-state index is 0.0854. The van der Waals surface area contributed by atoms with Crippen molar-refractivity contribution in [1.29, 1.82) is 0 Å². The smallest absolute Gasteiger partial charge is 0.244 e. The standard InChI is InChI=1S/C14H26N4O2S/c1-11-13(12(2)18(17-11)9-8-15)21(19,20)16-10-14(3)6-4-5-7-14/h16H,4-10,15H2,1-3H3. The van der Waals surface area contributed by atoms with Crippen LogP contribution < -0.4 is 10.5 Å². The van der Waals surface area contributed by atoms with Crippen LogP contribution in [0.1, 0.15) is 44.0 Å². The first-order valence-corrected chi connectivity index (χ1v) is 9.01. The predicted octanol–water partition coefficient (Wildman–Crippen LogP) is 1.32. The van der Waals surface area contributed by atoms with E-state index in [4.69, 9.17) is 5.73 Å². The lowest BCUT2D eigenvalue weighted by molar-refractivity contribution is 0.336. The average Bonchev–Trinajstić information content (AvgIpc) is 2.94. The van der Waals surface area contributed by atoms with E-state index in [2.05, 4.69) is 16.7 Å². The Morgan fingerprint density at radius 1 is 1.33 bits per heavy atom. The van der Waals surface area contributed by atoms with Gasteiger partial charge in [-0.3, -0.25) is 4.68 Å². The minimum atomic E-state index is -3.52. The molecule has 1 aromatic heterocycles. The number of hydrogen-bond donors (Lipinski definition) is 2. The number of nitrogens with one attached hydrogen (secondary N) is 1. The molecule has 6 nitrogen and oxygen atoms in total. The summed E-state index contributed by atoms with van der Waals surface area (Å²) in [5.41, 5.74) is 6.80. The Hall–Kier alpha value is -0.920. The van der Waals surface area contributed by atoms with Gasteiger partial charge in [0.1, 0.15) is 4.90 Å². The first kappa shape index (κ1) is 16.5. The Bertz CT molecular complexity index is 601. The van der Waals surface area contributed by atoms with E-state index in [1.54, 1.807) is 18.5 Å². The van der Waals surface area contributed by atoms with Crippen molar-refractivity contribution in [3.63, 3.8) is 0 Å².